The number of benzene rings is 2. The summed E-state index contributed by atoms with van der Waals surface area (Å²) >= 11 is 0. The van der Waals surface area contributed by atoms with Crippen molar-refractivity contribution in [2.75, 3.05) is 19.7 Å². The third kappa shape index (κ3) is 2.65. The van der Waals surface area contributed by atoms with Crippen LogP contribution in [0.4, 0.5) is 0 Å². The van der Waals surface area contributed by atoms with Crippen LogP contribution in [0.15, 0.2) is 47.0 Å². The number of carbonyl (C=O) groups is 1. The lowest BCUT2D eigenvalue weighted by Gasteiger charge is -2.31. The lowest BCUT2D eigenvalue weighted by atomic mass is 10.0. The van der Waals surface area contributed by atoms with Gasteiger partial charge in [-0.15, -0.1) is 0 Å². The molecule has 1 atom stereocenters. The van der Waals surface area contributed by atoms with Crippen LogP contribution < -0.4 is 0 Å². The van der Waals surface area contributed by atoms with Gasteiger partial charge in [-0.2, -0.15) is 4.98 Å². The highest BCUT2D eigenvalue weighted by atomic mass is 16.5. The number of rotatable bonds is 2. The summed E-state index contributed by atoms with van der Waals surface area (Å²) in [5.74, 6) is 0.981. The summed E-state index contributed by atoms with van der Waals surface area (Å²) in [4.78, 5) is 19.0. The van der Waals surface area contributed by atoms with E-state index in [1.807, 2.05) is 42.5 Å². The molecule has 0 radical (unpaired) electrons. The maximum Gasteiger partial charge on any atom is 0.254 e. The topological polar surface area (TPSA) is 68.5 Å². The minimum atomic E-state index is -0.352. The minimum absolute atomic E-state index is 0.000293. The van der Waals surface area contributed by atoms with Gasteiger partial charge in [-0.05, 0) is 16.8 Å². The fraction of sp³-hybridized carbons (Fsp3) is 0.278. The second-order valence-corrected chi connectivity index (χ2v) is 5.81. The summed E-state index contributed by atoms with van der Waals surface area (Å²) in [6.07, 6.45) is -0.352. The van der Waals surface area contributed by atoms with Crippen LogP contribution in [0.1, 0.15) is 28.2 Å². The number of aromatic nitrogens is 2. The number of hydrogen-bond acceptors (Lipinski definition) is 5. The van der Waals surface area contributed by atoms with Crippen molar-refractivity contribution in [2.45, 2.75) is 13.0 Å². The Kier molecular flexibility index (Phi) is 3.74. The largest absolute Gasteiger partial charge is 0.366 e. The number of nitrogens with zero attached hydrogens (tertiary/aromatic N) is 3. The molecule has 2 heterocycles. The molecule has 1 aliphatic rings. The van der Waals surface area contributed by atoms with Crippen LogP contribution in [0.3, 0.4) is 0 Å². The molecule has 2 aromatic carbocycles. The molecule has 24 heavy (non-hydrogen) atoms. The predicted molar refractivity (Wildman–Crippen MR) is 87.6 cm³/mol. The van der Waals surface area contributed by atoms with Gasteiger partial charge in [0.15, 0.2) is 0 Å². The summed E-state index contributed by atoms with van der Waals surface area (Å²) in [7, 11) is 0. The van der Waals surface area contributed by atoms with Gasteiger partial charge < -0.3 is 14.2 Å². The first-order valence-electron chi connectivity index (χ1n) is 7.91. The summed E-state index contributed by atoms with van der Waals surface area (Å²) in [6.45, 7) is 3.16. The van der Waals surface area contributed by atoms with Gasteiger partial charge in [-0.25, -0.2) is 0 Å². The molecule has 0 aliphatic carbocycles. The van der Waals surface area contributed by atoms with Crippen LogP contribution in [0.25, 0.3) is 10.8 Å². The van der Waals surface area contributed by atoms with Crippen molar-refractivity contribution < 1.29 is 14.1 Å². The first-order chi connectivity index (χ1) is 11.7. The first-order valence-corrected chi connectivity index (χ1v) is 7.91. The third-order valence-corrected chi connectivity index (χ3v) is 4.20. The maximum atomic E-state index is 13.0. The van der Waals surface area contributed by atoms with Crippen molar-refractivity contribution in [1.29, 1.82) is 0 Å². The van der Waals surface area contributed by atoms with Gasteiger partial charge in [0.2, 0.25) is 11.7 Å². The Balaban J connectivity index is 1.61. The van der Waals surface area contributed by atoms with E-state index in [2.05, 4.69) is 10.1 Å². The molecule has 1 saturated heterocycles. The SMILES string of the molecule is Cc1nc(C2CN(C(=O)c3cccc4ccccc34)CCO2)no1. The molecular weight excluding hydrogens is 306 g/mol. The van der Waals surface area contributed by atoms with Crippen molar-refractivity contribution in [3.05, 3.63) is 59.7 Å². The van der Waals surface area contributed by atoms with Gasteiger partial charge >= 0.3 is 0 Å². The van der Waals surface area contributed by atoms with E-state index in [4.69, 9.17) is 9.26 Å². The van der Waals surface area contributed by atoms with Crippen molar-refractivity contribution >= 4 is 16.7 Å². The second-order valence-electron chi connectivity index (χ2n) is 5.81. The summed E-state index contributed by atoms with van der Waals surface area (Å²) < 4.78 is 10.7. The van der Waals surface area contributed by atoms with Crippen LogP contribution >= 0.6 is 0 Å². The van der Waals surface area contributed by atoms with Crippen molar-refractivity contribution in [3.63, 3.8) is 0 Å². The van der Waals surface area contributed by atoms with Crippen molar-refractivity contribution in [1.82, 2.24) is 15.0 Å². The number of ether oxygens (including phenoxy) is 1. The zero-order valence-corrected chi connectivity index (χ0v) is 13.3. The molecule has 6 nitrogen and oxygen atoms in total. The van der Waals surface area contributed by atoms with E-state index in [0.717, 1.165) is 10.8 Å². The first kappa shape index (κ1) is 14.8. The highest BCUT2D eigenvalue weighted by Crippen LogP contribution is 2.24. The van der Waals surface area contributed by atoms with E-state index < -0.39 is 0 Å². The zero-order chi connectivity index (χ0) is 16.5. The maximum absolute atomic E-state index is 13.0. The Morgan fingerprint density at radius 2 is 2.04 bits per heavy atom. The molecule has 1 fully saturated rings. The Morgan fingerprint density at radius 3 is 2.88 bits per heavy atom. The monoisotopic (exact) mass is 323 g/mol. The summed E-state index contributed by atoms with van der Waals surface area (Å²) in [5, 5.41) is 5.93. The van der Waals surface area contributed by atoms with Gasteiger partial charge in [-0.1, -0.05) is 41.6 Å². The van der Waals surface area contributed by atoms with E-state index in [0.29, 0.717) is 37.0 Å². The van der Waals surface area contributed by atoms with Crippen LogP contribution in [0.2, 0.25) is 0 Å². The average molecular weight is 323 g/mol. The number of morpholine rings is 1. The van der Waals surface area contributed by atoms with E-state index in [1.54, 1.807) is 11.8 Å². The highest BCUT2D eigenvalue weighted by molar-refractivity contribution is 6.07. The van der Waals surface area contributed by atoms with Crippen molar-refractivity contribution in [2.24, 2.45) is 0 Å². The molecule has 3 aromatic rings. The fourth-order valence-electron chi connectivity index (χ4n) is 3.02. The third-order valence-electron chi connectivity index (χ3n) is 4.20. The van der Waals surface area contributed by atoms with E-state index in [-0.39, 0.29) is 12.0 Å². The van der Waals surface area contributed by atoms with Gasteiger partial charge in [0.25, 0.3) is 5.91 Å². The smallest absolute Gasteiger partial charge is 0.254 e. The molecule has 4 rings (SSSR count). The van der Waals surface area contributed by atoms with E-state index in [1.165, 1.54) is 0 Å². The Bertz CT molecular complexity index is 885. The highest BCUT2D eigenvalue weighted by Gasteiger charge is 2.29. The molecular formula is C18H17N3O3. The van der Waals surface area contributed by atoms with Crippen LogP contribution in [0.5, 0.6) is 0 Å². The lowest BCUT2D eigenvalue weighted by Crippen LogP contribution is -2.42. The Labute approximate surface area is 139 Å². The quantitative estimate of drug-likeness (QED) is 0.725. The predicted octanol–water partition coefficient (Wildman–Crippen LogP) is 2.74. The van der Waals surface area contributed by atoms with Crippen molar-refractivity contribution in [3.8, 4) is 0 Å². The number of amides is 1. The minimum Gasteiger partial charge on any atom is -0.366 e. The average Bonchev–Trinajstić information content (AvgIpc) is 3.07. The van der Waals surface area contributed by atoms with Gasteiger partial charge in [0.1, 0.15) is 6.10 Å². The molecule has 0 spiro atoms. The molecule has 1 unspecified atom stereocenters. The van der Waals surface area contributed by atoms with Crippen LogP contribution in [-0.4, -0.2) is 40.6 Å². The molecule has 0 N–H and O–H groups in total. The number of hydrogen-bond donors (Lipinski definition) is 0. The second kappa shape index (κ2) is 6.05. The normalized spacial score (nSPS) is 18.0. The van der Waals surface area contributed by atoms with E-state index >= 15 is 0 Å². The molecule has 0 bridgehead atoms. The van der Waals surface area contributed by atoms with Gasteiger partial charge in [-0.3, -0.25) is 4.79 Å². The molecule has 6 heteroatoms. The summed E-state index contributed by atoms with van der Waals surface area (Å²) in [5.41, 5.74) is 0.707. The van der Waals surface area contributed by atoms with Crippen LogP contribution in [0, 0.1) is 6.92 Å². The Morgan fingerprint density at radius 1 is 1.21 bits per heavy atom. The lowest BCUT2D eigenvalue weighted by molar-refractivity contribution is -0.0275. The van der Waals surface area contributed by atoms with Gasteiger partial charge in [0.05, 0.1) is 13.2 Å². The zero-order valence-electron chi connectivity index (χ0n) is 13.3. The van der Waals surface area contributed by atoms with Crippen LogP contribution in [-0.2, 0) is 4.74 Å². The molecule has 1 amide bonds. The molecule has 1 aromatic heterocycles. The fourth-order valence-corrected chi connectivity index (χ4v) is 3.02. The summed E-state index contributed by atoms with van der Waals surface area (Å²) in [6, 6.07) is 13.7. The van der Waals surface area contributed by atoms with E-state index in [9.17, 15) is 4.79 Å². The molecule has 0 saturated carbocycles. The molecule has 122 valence electrons. The standard InChI is InChI=1S/C18H17N3O3/c1-12-19-17(20-24-12)16-11-21(9-10-23-16)18(22)15-8-4-6-13-5-2-3-7-14(13)15/h2-8,16H,9-11H2,1H3. The number of fused-ring (bicyclic) bond motifs is 1. The Hall–Kier alpha value is -2.73. The number of aryl methyl sites for hydroxylation is 1. The number of carbonyl (C=O) groups excluding carboxylic acids is 1. The van der Waals surface area contributed by atoms with Gasteiger partial charge in [0, 0.05) is 19.0 Å². The molecule has 1 aliphatic heterocycles.